The lowest BCUT2D eigenvalue weighted by atomic mass is 9.85. The molecule has 0 unspecified atom stereocenters. The van der Waals surface area contributed by atoms with Gasteiger partial charge < -0.3 is 19.2 Å². The first kappa shape index (κ1) is 16.2. The summed E-state index contributed by atoms with van der Waals surface area (Å²) in [4.78, 5) is 19.0. The molecule has 1 saturated carbocycles. The number of imidazole rings is 1. The molecule has 2 aliphatic rings. The van der Waals surface area contributed by atoms with E-state index in [9.17, 15) is 4.79 Å². The summed E-state index contributed by atoms with van der Waals surface area (Å²) in [6.07, 6.45) is 11.8. The van der Waals surface area contributed by atoms with Crippen LogP contribution in [0.4, 0.5) is 4.79 Å². The molecular formula is C19H26N4O2. The molecule has 2 aromatic heterocycles. The molecule has 134 valence electrons. The fourth-order valence-electron chi connectivity index (χ4n) is 3.85. The molecule has 0 aromatic carbocycles. The number of nitrogens with zero attached hydrogens (tertiary/aromatic N) is 3. The summed E-state index contributed by atoms with van der Waals surface area (Å²) in [5.41, 5.74) is 0. The molecule has 6 nitrogen and oxygen atoms in total. The first-order chi connectivity index (χ1) is 12.3. The van der Waals surface area contributed by atoms with E-state index in [2.05, 4.69) is 21.1 Å². The molecule has 4 rings (SSSR count). The highest BCUT2D eigenvalue weighted by molar-refractivity contribution is 5.74. The van der Waals surface area contributed by atoms with Gasteiger partial charge in [-0.25, -0.2) is 9.78 Å². The molecule has 6 heteroatoms. The van der Waals surface area contributed by atoms with Crippen molar-refractivity contribution in [2.24, 2.45) is 5.92 Å². The smallest absolute Gasteiger partial charge is 0.317 e. The predicted molar refractivity (Wildman–Crippen MR) is 94.1 cm³/mol. The molecule has 1 N–H and O–H groups in total. The third-order valence-electron chi connectivity index (χ3n) is 5.50. The second kappa shape index (κ2) is 7.33. The Labute approximate surface area is 148 Å². The number of aromatic nitrogens is 2. The van der Waals surface area contributed by atoms with E-state index in [1.807, 2.05) is 23.2 Å². The first-order valence-corrected chi connectivity index (χ1v) is 9.36. The Bertz CT molecular complexity index is 690. The van der Waals surface area contributed by atoms with E-state index in [-0.39, 0.29) is 6.03 Å². The first-order valence-electron chi connectivity index (χ1n) is 9.36. The minimum Gasteiger partial charge on any atom is -0.467 e. The molecule has 2 aromatic rings. The lowest BCUT2D eigenvalue weighted by Crippen LogP contribution is -2.45. The van der Waals surface area contributed by atoms with Gasteiger partial charge in [-0.2, -0.15) is 0 Å². The van der Waals surface area contributed by atoms with E-state index in [1.54, 1.807) is 6.26 Å². The van der Waals surface area contributed by atoms with E-state index in [0.717, 1.165) is 50.0 Å². The van der Waals surface area contributed by atoms with Crippen molar-refractivity contribution in [2.45, 2.75) is 51.1 Å². The zero-order valence-electron chi connectivity index (χ0n) is 14.6. The number of carbonyl (C=O) groups excluding carboxylic acids is 1. The Morgan fingerprint density at radius 1 is 1.32 bits per heavy atom. The maximum atomic E-state index is 12.5. The van der Waals surface area contributed by atoms with Crippen LogP contribution in [0, 0.1) is 5.92 Å². The summed E-state index contributed by atoms with van der Waals surface area (Å²) in [5.74, 6) is 3.07. The predicted octanol–water partition coefficient (Wildman–Crippen LogP) is 3.37. The molecule has 1 aliphatic carbocycles. The Morgan fingerprint density at radius 3 is 3.00 bits per heavy atom. The van der Waals surface area contributed by atoms with Gasteiger partial charge in [-0.1, -0.05) is 6.42 Å². The molecule has 3 heterocycles. The standard InChI is InChI=1S/C19H26N4O2/c24-19(21-12-17-7-3-11-25-17)23-9-2-6-16(14-23)18-20-8-10-22(18)13-15-4-1-5-15/h3,7-8,10-11,15-16H,1-2,4-6,9,12-14H2,(H,21,24)/t16-/m0/s1. The summed E-state index contributed by atoms with van der Waals surface area (Å²) in [6.45, 7) is 3.06. The number of carbonyl (C=O) groups is 1. The summed E-state index contributed by atoms with van der Waals surface area (Å²) >= 11 is 0. The Morgan fingerprint density at radius 2 is 2.24 bits per heavy atom. The van der Waals surface area contributed by atoms with Gasteiger partial charge in [0.1, 0.15) is 11.6 Å². The molecule has 1 aliphatic heterocycles. The van der Waals surface area contributed by atoms with Crippen molar-refractivity contribution in [3.63, 3.8) is 0 Å². The largest absolute Gasteiger partial charge is 0.467 e. The van der Waals surface area contributed by atoms with Crippen LogP contribution < -0.4 is 5.32 Å². The van der Waals surface area contributed by atoms with Crippen molar-refractivity contribution in [1.82, 2.24) is 19.8 Å². The normalized spacial score (nSPS) is 21.1. The van der Waals surface area contributed by atoms with Crippen LogP contribution in [0.2, 0.25) is 0 Å². The van der Waals surface area contributed by atoms with Crippen LogP contribution in [0.1, 0.15) is 49.6 Å². The van der Waals surface area contributed by atoms with Crippen LogP contribution in [0.3, 0.4) is 0 Å². The lowest BCUT2D eigenvalue weighted by Gasteiger charge is -2.33. The molecule has 0 spiro atoms. The van der Waals surface area contributed by atoms with Gasteiger partial charge in [-0.15, -0.1) is 0 Å². The van der Waals surface area contributed by atoms with Crippen molar-refractivity contribution < 1.29 is 9.21 Å². The van der Waals surface area contributed by atoms with Gasteiger partial charge in [-0.3, -0.25) is 0 Å². The van der Waals surface area contributed by atoms with Crippen molar-refractivity contribution in [3.8, 4) is 0 Å². The second-order valence-corrected chi connectivity index (χ2v) is 7.26. The van der Waals surface area contributed by atoms with Gasteiger partial charge in [0.15, 0.2) is 0 Å². The minimum absolute atomic E-state index is 0.0156. The molecule has 0 radical (unpaired) electrons. The highest BCUT2D eigenvalue weighted by Gasteiger charge is 2.28. The quantitative estimate of drug-likeness (QED) is 0.906. The highest BCUT2D eigenvalue weighted by Crippen LogP contribution is 2.31. The maximum Gasteiger partial charge on any atom is 0.317 e. The molecular weight excluding hydrogens is 316 g/mol. The van der Waals surface area contributed by atoms with Gasteiger partial charge in [0.2, 0.25) is 0 Å². The van der Waals surface area contributed by atoms with Gasteiger partial charge in [0.05, 0.1) is 12.8 Å². The van der Waals surface area contributed by atoms with Crippen LogP contribution in [-0.4, -0.2) is 33.6 Å². The number of piperidine rings is 1. The number of urea groups is 1. The number of likely N-dealkylation sites (tertiary alicyclic amines) is 1. The third-order valence-corrected chi connectivity index (χ3v) is 5.50. The summed E-state index contributed by atoms with van der Waals surface area (Å²) in [6, 6.07) is 3.69. The van der Waals surface area contributed by atoms with E-state index in [4.69, 9.17) is 4.42 Å². The monoisotopic (exact) mass is 342 g/mol. The number of amides is 2. The van der Waals surface area contributed by atoms with Crippen LogP contribution >= 0.6 is 0 Å². The van der Waals surface area contributed by atoms with Crippen molar-refractivity contribution in [1.29, 1.82) is 0 Å². The molecule has 1 saturated heterocycles. The van der Waals surface area contributed by atoms with Crippen molar-refractivity contribution in [3.05, 3.63) is 42.4 Å². The fraction of sp³-hybridized carbons (Fsp3) is 0.579. The van der Waals surface area contributed by atoms with Crippen LogP contribution in [0.5, 0.6) is 0 Å². The zero-order chi connectivity index (χ0) is 17.1. The van der Waals surface area contributed by atoms with E-state index < -0.39 is 0 Å². The topological polar surface area (TPSA) is 63.3 Å². The number of hydrogen-bond donors (Lipinski definition) is 1. The number of hydrogen-bond acceptors (Lipinski definition) is 3. The van der Waals surface area contributed by atoms with Crippen molar-refractivity contribution >= 4 is 6.03 Å². The van der Waals surface area contributed by atoms with Crippen molar-refractivity contribution in [2.75, 3.05) is 13.1 Å². The summed E-state index contributed by atoms with van der Waals surface area (Å²) in [5, 5.41) is 2.95. The summed E-state index contributed by atoms with van der Waals surface area (Å²) < 4.78 is 7.59. The Balaban J connectivity index is 1.35. The van der Waals surface area contributed by atoms with Crippen LogP contribution in [0.25, 0.3) is 0 Å². The van der Waals surface area contributed by atoms with E-state index in [0.29, 0.717) is 12.5 Å². The SMILES string of the molecule is O=C(NCc1ccco1)N1CCC[C@H](c2nccn2CC2CCC2)C1. The minimum atomic E-state index is -0.0156. The molecule has 25 heavy (non-hydrogen) atoms. The Hall–Kier alpha value is -2.24. The Kier molecular flexibility index (Phi) is 4.76. The second-order valence-electron chi connectivity index (χ2n) is 7.26. The fourth-order valence-corrected chi connectivity index (χ4v) is 3.85. The van der Waals surface area contributed by atoms with Gasteiger partial charge in [0, 0.05) is 37.9 Å². The average Bonchev–Trinajstić information content (AvgIpc) is 3.27. The van der Waals surface area contributed by atoms with Gasteiger partial charge in [-0.05, 0) is 43.7 Å². The van der Waals surface area contributed by atoms with Gasteiger partial charge in [0.25, 0.3) is 0 Å². The van der Waals surface area contributed by atoms with Gasteiger partial charge >= 0.3 is 6.03 Å². The molecule has 1 atom stereocenters. The highest BCUT2D eigenvalue weighted by atomic mass is 16.3. The number of nitrogens with one attached hydrogen (secondary N) is 1. The average molecular weight is 342 g/mol. The molecule has 2 fully saturated rings. The third kappa shape index (κ3) is 3.72. The maximum absolute atomic E-state index is 12.5. The number of furan rings is 1. The van der Waals surface area contributed by atoms with Crippen LogP contribution in [-0.2, 0) is 13.1 Å². The van der Waals surface area contributed by atoms with Crippen LogP contribution in [0.15, 0.2) is 35.2 Å². The molecule has 0 bridgehead atoms. The summed E-state index contributed by atoms with van der Waals surface area (Å²) in [7, 11) is 0. The number of rotatable bonds is 5. The lowest BCUT2D eigenvalue weighted by molar-refractivity contribution is 0.175. The van der Waals surface area contributed by atoms with E-state index >= 15 is 0 Å². The molecule has 2 amide bonds. The van der Waals surface area contributed by atoms with E-state index in [1.165, 1.54) is 19.3 Å². The zero-order valence-corrected chi connectivity index (χ0v) is 14.6.